The largest absolute Gasteiger partial charge is 0.0616 e. The molecule has 1 aliphatic carbocycles. The molecule has 0 spiro atoms. The summed E-state index contributed by atoms with van der Waals surface area (Å²) in [4.78, 5) is 0. The summed E-state index contributed by atoms with van der Waals surface area (Å²) in [5, 5.41) is 5.52. The van der Waals surface area contributed by atoms with E-state index in [1.807, 2.05) is 0 Å². The molecule has 3 aromatic rings. The Morgan fingerprint density at radius 1 is 0.737 bits per heavy atom. The molecular formula is C18H15Br. The number of aryl methyl sites for hydroxylation is 2. The molecule has 3 aromatic carbocycles. The predicted molar refractivity (Wildman–Crippen MR) is 85.8 cm³/mol. The van der Waals surface area contributed by atoms with Gasteiger partial charge in [0.05, 0.1) is 0 Å². The Morgan fingerprint density at radius 3 is 2.37 bits per heavy atom. The zero-order chi connectivity index (χ0) is 12.8. The fourth-order valence-corrected chi connectivity index (χ4v) is 3.96. The highest BCUT2D eigenvalue weighted by atomic mass is 79.9. The van der Waals surface area contributed by atoms with Crippen molar-refractivity contribution in [2.45, 2.75) is 25.7 Å². The van der Waals surface area contributed by atoms with Crippen molar-refractivity contribution in [1.82, 2.24) is 0 Å². The number of benzene rings is 3. The summed E-state index contributed by atoms with van der Waals surface area (Å²) in [5.41, 5.74) is 3.14. The molecule has 0 unspecified atom stereocenters. The maximum Gasteiger partial charge on any atom is 0.0260 e. The number of hydrogen-bond acceptors (Lipinski definition) is 0. The van der Waals surface area contributed by atoms with Gasteiger partial charge < -0.3 is 0 Å². The van der Waals surface area contributed by atoms with Gasteiger partial charge in [-0.1, -0.05) is 52.3 Å². The first kappa shape index (κ1) is 11.5. The van der Waals surface area contributed by atoms with Gasteiger partial charge in [0.25, 0.3) is 0 Å². The quantitative estimate of drug-likeness (QED) is 0.472. The highest BCUT2D eigenvalue weighted by molar-refractivity contribution is 9.10. The van der Waals surface area contributed by atoms with Crippen molar-refractivity contribution in [2.24, 2.45) is 0 Å². The molecule has 94 valence electrons. The zero-order valence-electron chi connectivity index (χ0n) is 10.7. The van der Waals surface area contributed by atoms with E-state index in [1.165, 1.54) is 51.7 Å². The van der Waals surface area contributed by atoms with Gasteiger partial charge in [0.2, 0.25) is 0 Å². The summed E-state index contributed by atoms with van der Waals surface area (Å²) < 4.78 is 1.22. The SMILES string of the molecule is Brc1cc2c3c(ccc2c2ccccc12)CCCC3. The lowest BCUT2D eigenvalue weighted by Crippen LogP contribution is -2.03. The fraction of sp³-hybridized carbons (Fsp3) is 0.222. The Balaban J connectivity index is 2.19. The Hall–Kier alpha value is -1.34. The Bertz CT molecular complexity index is 786. The summed E-state index contributed by atoms with van der Waals surface area (Å²) in [7, 11) is 0. The van der Waals surface area contributed by atoms with Gasteiger partial charge in [0, 0.05) is 4.47 Å². The molecule has 0 saturated heterocycles. The van der Waals surface area contributed by atoms with E-state index in [-0.39, 0.29) is 0 Å². The van der Waals surface area contributed by atoms with Crippen LogP contribution >= 0.6 is 15.9 Å². The second-order valence-electron chi connectivity index (χ2n) is 5.41. The summed E-state index contributed by atoms with van der Waals surface area (Å²) in [5.74, 6) is 0. The van der Waals surface area contributed by atoms with E-state index < -0.39 is 0 Å². The van der Waals surface area contributed by atoms with E-state index in [2.05, 4.69) is 58.4 Å². The summed E-state index contributed by atoms with van der Waals surface area (Å²) >= 11 is 3.75. The zero-order valence-corrected chi connectivity index (χ0v) is 12.3. The van der Waals surface area contributed by atoms with E-state index in [0.29, 0.717) is 0 Å². The molecule has 0 N–H and O–H groups in total. The fourth-order valence-electron chi connectivity index (χ4n) is 3.39. The van der Waals surface area contributed by atoms with Gasteiger partial charge in [0.1, 0.15) is 0 Å². The van der Waals surface area contributed by atoms with Gasteiger partial charge in [-0.2, -0.15) is 0 Å². The van der Waals surface area contributed by atoms with Gasteiger partial charge in [-0.05, 0) is 64.4 Å². The second kappa shape index (κ2) is 4.35. The van der Waals surface area contributed by atoms with Gasteiger partial charge in [0.15, 0.2) is 0 Å². The maximum absolute atomic E-state index is 3.75. The first-order valence-corrected chi connectivity index (χ1v) is 7.75. The molecule has 0 bridgehead atoms. The van der Waals surface area contributed by atoms with E-state index in [9.17, 15) is 0 Å². The lowest BCUT2D eigenvalue weighted by atomic mass is 9.86. The van der Waals surface area contributed by atoms with Crippen molar-refractivity contribution in [3.8, 4) is 0 Å². The lowest BCUT2D eigenvalue weighted by molar-refractivity contribution is 0.690. The average molecular weight is 311 g/mol. The van der Waals surface area contributed by atoms with Crippen molar-refractivity contribution in [2.75, 3.05) is 0 Å². The van der Waals surface area contributed by atoms with Gasteiger partial charge >= 0.3 is 0 Å². The third-order valence-electron chi connectivity index (χ3n) is 4.32. The van der Waals surface area contributed by atoms with Crippen LogP contribution in [0, 0.1) is 0 Å². The molecule has 0 heterocycles. The topological polar surface area (TPSA) is 0 Å². The Labute approximate surface area is 121 Å². The van der Waals surface area contributed by atoms with Crippen LogP contribution in [0.1, 0.15) is 24.0 Å². The molecule has 0 aromatic heterocycles. The third-order valence-corrected chi connectivity index (χ3v) is 4.98. The third kappa shape index (κ3) is 1.72. The molecule has 1 aliphatic rings. The minimum atomic E-state index is 1.22. The first-order chi connectivity index (χ1) is 9.34. The number of rotatable bonds is 0. The first-order valence-electron chi connectivity index (χ1n) is 6.96. The molecule has 19 heavy (non-hydrogen) atoms. The van der Waals surface area contributed by atoms with Crippen molar-refractivity contribution < 1.29 is 0 Å². The number of fused-ring (bicyclic) bond motifs is 5. The second-order valence-corrected chi connectivity index (χ2v) is 6.26. The molecule has 0 saturated carbocycles. The molecule has 0 radical (unpaired) electrons. The molecule has 0 atom stereocenters. The highest BCUT2D eigenvalue weighted by Crippen LogP contribution is 2.36. The Kier molecular flexibility index (Phi) is 2.63. The summed E-state index contributed by atoms with van der Waals surface area (Å²) in [6.07, 6.45) is 5.15. The van der Waals surface area contributed by atoms with Crippen LogP contribution in [0.2, 0.25) is 0 Å². The van der Waals surface area contributed by atoms with Crippen molar-refractivity contribution in [3.63, 3.8) is 0 Å². The van der Waals surface area contributed by atoms with Crippen LogP contribution in [0.5, 0.6) is 0 Å². The van der Waals surface area contributed by atoms with Crippen molar-refractivity contribution in [1.29, 1.82) is 0 Å². The molecule has 0 fully saturated rings. The van der Waals surface area contributed by atoms with E-state index >= 15 is 0 Å². The monoisotopic (exact) mass is 310 g/mol. The van der Waals surface area contributed by atoms with Crippen molar-refractivity contribution >= 4 is 37.5 Å². The van der Waals surface area contributed by atoms with Crippen LogP contribution < -0.4 is 0 Å². The van der Waals surface area contributed by atoms with Crippen LogP contribution in [0.4, 0.5) is 0 Å². The highest BCUT2D eigenvalue weighted by Gasteiger charge is 2.14. The standard InChI is InChI=1S/C18H15Br/c19-18-11-17-13-6-2-1-5-12(13)9-10-15(17)14-7-3-4-8-16(14)18/h3-4,7-11H,1-2,5-6H2. The van der Waals surface area contributed by atoms with Crippen LogP contribution in [-0.4, -0.2) is 0 Å². The average Bonchev–Trinajstić information content (AvgIpc) is 2.47. The van der Waals surface area contributed by atoms with Gasteiger partial charge in [-0.25, -0.2) is 0 Å². The van der Waals surface area contributed by atoms with E-state index in [1.54, 1.807) is 11.1 Å². The van der Waals surface area contributed by atoms with Gasteiger partial charge in [-0.3, -0.25) is 0 Å². The normalized spacial score (nSPS) is 14.8. The van der Waals surface area contributed by atoms with Crippen LogP contribution in [0.25, 0.3) is 21.5 Å². The molecular weight excluding hydrogens is 296 g/mol. The Morgan fingerprint density at radius 2 is 1.47 bits per heavy atom. The van der Waals surface area contributed by atoms with Crippen LogP contribution in [0.15, 0.2) is 46.9 Å². The summed E-state index contributed by atoms with van der Waals surface area (Å²) in [6, 6.07) is 15.6. The van der Waals surface area contributed by atoms with E-state index in [4.69, 9.17) is 0 Å². The minimum Gasteiger partial charge on any atom is -0.0616 e. The molecule has 0 nitrogen and oxygen atoms in total. The number of hydrogen-bond donors (Lipinski definition) is 0. The molecule has 0 amide bonds. The lowest BCUT2D eigenvalue weighted by Gasteiger charge is -2.19. The molecule has 1 heteroatoms. The van der Waals surface area contributed by atoms with Crippen LogP contribution in [0.3, 0.4) is 0 Å². The minimum absolute atomic E-state index is 1.22. The predicted octanol–water partition coefficient (Wildman–Crippen LogP) is 5.63. The van der Waals surface area contributed by atoms with Gasteiger partial charge in [-0.15, -0.1) is 0 Å². The van der Waals surface area contributed by atoms with E-state index in [0.717, 1.165) is 0 Å². The smallest absolute Gasteiger partial charge is 0.0260 e. The van der Waals surface area contributed by atoms with Crippen molar-refractivity contribution in [3.05, 3.63) is 58.1 Å². The maximum atomic E-state index is 3.75. The van der Waals surface area contributed by atoms with Crippen LogP contribution in [-0.2, 0) is 12.8 Å². The summed E-state index contributed by atoms with van der Waals surface area (Å²) in [6.45, 7) is 0. The molecule has 0 aliphatic heterocycles. The number of halogens is 1. The molecule has 4 rings (SSSR count).